The lowest BCUT2D eigenvalue weighted by atomic mass is 10.0. The lowest BCUT2D eigenvalue weighted by Gasteiger charge is -2.14. The molecule has 2 heterocycles. The van der Waals surface area contributed by atoms with Crippen LogP contribution in [-0.4, -0.2) is 46.3 Å². The molecule has 0 aliphatic carbocycles. The number of hydrogen-bond acceptors (Lipinski definition) is 8. The second kappa shape index (κ2) is 9.99. The minimum Gasteiger partial charge on any atom is -0.465 e. The number of nitrogens with zero attached hydrogens (tertiary/aromatic N) is 4. The van der Waals surface area contributed by atoms with Crippen LogP contribution in [0.5, 0.6) is 0 Å². The maximum atomic E-state index is 13.2. The molecule has 0 radical (unpaired) electrons. The molecule has 3 aromatic rings. The van der Waals surface area contributed by atoms with Crippen LogP contribution in [0.3, 0.4) is 0 Å². The van der Waals surface area contributed by atoms with Crippen molar-refractivity contribution in [2.24, 2.45) is 0 Å². The first-order valence-corrected chi connectivity index (χ1v) is 10.1. The lowest BCUT2D eigenvalue weighted by molar-refractivity contribution is -0.141. The lowest BCUT2D eigenvalue weighted by Crippen LogP contribution is -2.21. The Hall–Kier alpha value is -3.47. The Morgan fingerprint density at radius 2 is 1.85 bits per heavy atom. The highest BCUT2D eigenvalue weighted by Crippen LogP contribution is 2.31. The maximum Gasteiger partial charge on any atom is 0.434 e. The Balaban J connectivity index is 1.67. The van der Waals surface area contributed by atoms with Gasteiger partial charge in [0.2, 0.25) is 5.95 Å². The summed E-state index contributed by atoms with van der Waals surface area (Å²) in [5.41, 5.74) is 1.22. The number of alkyl halides is 3. The van der Waals surface area contributed by atoms with Gasteiger partial charge in [-0.2, -0.15) is 13.2 Å². The number of aromatic nitrogens is 4. The van der Waals surface area contributed by atoms with Gasteiger partial charge in [-0.05, 0) is 37.1 Å². The summed E-state index contributed by atoms with van der Waals surface area (Å²) in [5, 5.41) is 14.9. The van der Waals surface area contributed by atoms with E-state index in [-0.39, 0.29) is 12.5 Å². The quantitative estimate of drug-likeness (QED) is 0.375. The average molecular weight is 481 g/mol. The largest absolute Gasteiger partial charge is 0.465 e. The first kappa shape index (κ1) is 24.2. The van der Waals surface area contributed by atoms with Crippen molar-refractivity contribution in [2.75, 3.05) is 30.8 Å². The van der Waals surface area contributed by atoms with Crippen molar-refractivity contribution in [3.63, 3.8) is 0 Å². The highest BCUT2D eigenvalue weighted by atomic mass is 35.5. The van der Waals surface area contributed by atoms with E-state index in [0.29, 0.717) is 23.1 Å². The minimum absolute atomic E-state index is 0.186. The summed E-state index contributed by atoms with van der Waals surface area (Å²) in [7, 11) is 0.981. The van der Waals surface area contributed by atoms with Crippen LogP contribution in [0.15, 0.2) is 30.5 Å². The van der Waals surface area contributed by atoms with Gasteiger partial charge in [0.1, 0.15) is 5.56 Å². The molecule has 3 rings (SSSR count). The molecule has 0 fully saturated rings. The Morgan fingerprint density at radius 3 is 2.52 bits per heavy atom. The Labute approximate surface area is 192 Å². The summed E-state index contributed by atoms with van der Waals surface area (Å²) < 4.78 is 44.1. The van der Waals surface area contributed by atoms with E-state index in [9.17, 15) is 18.0 Å². The Bertz CT molecular complexity index is 1170. The number of benzene rings is 1. The van der Waals surface area contributed by atoms with Crippen LogP contribution >= 0.6 is 11.6 Å². The van der Waals surface area contributed by atoms with Gasteiger partial charge in [-0.15, -0.1) is 10.2 Å². The molecule has 0 aliphatic rings. The number of nitrogens with one attached hydrogen (secondary N) is 2. The molecule has 0 saturated heterocycles. The molecule has 2 aromatic heterocycles. The zero-order valence-electron chi connectivity index (χ0n) is 17.9. The normalized spacial score (nSPS) is 11.2. The highest BCUT2D eigenvalue weighted by Gasteiger charge is 2.38. The van der Waals surface area contributed by atoms with Crippen molar-refractivity contribution < 1.29 is 22.7 Å². The predicted octanol–water partition coefficient (Wildman–Crippen LogP) is 4.53. The molecule has 33 heavy (non-hydrogen) atoms. The van der Waals surface area contributed by atoms with Crippen molar-refractivity contribution >= 4 is 29.3 Å². The minimum atomic E-state index is -4.84. The molecule has 0 saturated carbocycles. The average Bonchev–Trinajstić information content (AvgIpc) is 2.78. The molecule has 0 amide bonds. The van der Waals surface area contributed by atoms with E-state index in [1.807, 2.05) is 26.0 Å². The van der Waals surface area contributed by atoms with Crippen LogP contribution in [0.1, 0.15) is 27.2 Å². The van der Waals surface area contributed by atoms with Crippen LogP contribution in [0.25, 0.3) is 11.3 Å². The summed E-state index contributed by atoms with van der Waals surface area (Å²) in [6, 6.07) is 7.29. The van der Waals surface area contributed by atoms with E-state index < -0.39 is 23.4 Å². The number of rotatable bonds is 7. The predicted molar refractivity (Wildman–Crippen MR) is 117 cm³/mol. The van der Waals surface area contributed by atoms with Crippen LogP contribution in [0.4, 0.5) is 24.9 Å². The number of hydrogen-bond donors (Lipinski definition) is 2. The second-order valence-corrected chi connectivity index (χ2v) is 7.39. The van der Waals surface area contributed by atoms with Gasteiger partial charge in [0.15, 0.2) is 11.5 Å². The van der Waals surface area contributed by atoms with Crippen LogP contribution in [0, 0.1) is 13.8 Å². The first-order valence-electron chi connectivity index (χ1n) is 9.72. The summed E-state index contributed by atoms with van der Waals surface area (Å²) in [5.74, 6) is -0.897. The standard InChI is InChI=1S/C21H20ClF3N6O2/c1-11-12(2)18(31-30-16(11)13-5-4-6-14(22)9-13)26-7-8-27-20-28-10-15(19(32)33-3)17(29-20)21(23,24)25/h4-6,9-10H,7-8H2,1-3H3,(H,26,31)(H,27,28,29). The van der Waals surface area contributed by atoms with Gasteiger partial charge in [0.05, 0.1) is 12.8 Å². The number of anilines is 2. The third-order valence-corrected chi connectivity index (χ3v) is 5.02. The van der Waals surface area contributed by atoms with E-state index in [2.05, 4.69) is 35.5 Å². The molecule has 0 aliphatic heterocycles. The maximum absolute atomic E-state index is 13.2. The molecule has 8 nitrogen and oxygen atoms in total. The van der Waals surface area contributed by atoms with Crippen molar-refractivity contribution in [3.8, 4) is 11.3 Å². The molecule has 0 unspecified atom stereocenters. The fourth-order valence-electron chi connectivity index (χ4n) is 2.98. The van der Waals surface area contributed by atoms with Crippen LogP contribution < -0.4 is 10.6 Å². The number of ether oxygens (including phenoxy) is 1. The Morgan fingerprint density at radius 1 is 1.12 bits per heavy atom. The number of carbonyl (C=O) groups is 1. The van der Waals surface area contributed by atoms with Crippen molar-refractivity contribution in [2.45, 2.75) is 20.0 Å². The van der Waals surface area contributed by atoms with Gasteiger partial charge in [0.25, 0.3) is 0 Å². The topological polar surface area (TPSA) is 102 Å². The van der Waals surface area contributed by atoms with Crippen LogP contribution in [-0.2, 0) is 10.9 Å². The van der Waals surface area contributed by atoms with Crippen molar-refractivity contribution in [1.82, 2.24) is 20.2 Å². The number of carbonyl (C=O) groups excluding carboxylic acids is 1. The summed E-state index contributed by atoms with van der Waals surface area (Å²) >= 11 is 6.06. The fraction of sp³-hybridized carbons (Fsp3) is 0.286. The van der Waals surface area contributed by atoms with Gasteiger partial charge in [-0.3, -0.25) is 0 Å². The molecule has 1 aromatic carbocycles. The van der Waals surface area contributed by atoms with Crippen molar-refractivity contribution in [1.29, 1.82) is 0 Å². The van der Waals surface area contributed by atoms with E-state index in [1.54, 1.807) is 12.1 Å². The Kier molecular flexibility index (Phi) is 7.32. The van der Waals surface area contributed by atoms with Crippen molar-refractivity contribution in [3.05, 3.63) is 57.9 Å². The number of halogens is 4. The number of esters is 1. The zero-order valence-corrected chi connectivity index (χ0v) is 18.7. The molecule has 0 atom stereocenters. The third kappa shape index (κ3) is 5.67. The smallest absolute Gasteiger partial charge is 0.434 e. The molecule has 12 heteroatoms. The molecule has 0 bridgehead atoms. The van der Waals surface area contributed by atoms with Gasteiger partial charge in [0, 0.05) is 29.9 Å². The molecule has 2 N–H and O–H groups in total. The summed E-state index contributed by atoms with van der Waals surface area (Å²) in [6.07, 6.45) is -4.05. The third-order valence-electron chi connectivity index (χ3n) is 4.78. The van der Waals surface area contributed by atoms with Crippen LogP contribution in [0.2, 0.25) is 5.02 Å². The summed E-state index contributed by atoms with van der Waals surface area (Å²) in [4.78, 5) is 18.7. The zero-order chi connectivity index (χ0) is 24.2. The molecular weight excluding hydrogens is 461 g/mol. The number of methoxy groups -OCH3 is 1. The molecule has 174 valence electrons. The fourth-order valence-corrected chi connectivity index (χ4v) is 3.17. The van der Waals surface area contributed by atoms with Gasteiger partial charge in [-0.1, -0.05) is 23.7 Å². The van der Waals surface area contributed by atoms with Gasteiger partial charge in [-0.25, -0.2) is 14.8 Å². The van der Waals surface area contributed by atoms with E-state index in [1.165, 1.54) is 0 Å². The van der Waals surface area contributed by atoms with E-state index in [0.717, 1.165) is 30.0 Å². The summed E-state index contributed by atoms with van der Waals surface area (Å²) in [6.45, 7) is 4.29. The SMILES string of the molecule is COC(=O)c1cnc(NCCNc2nnc(-c3cccc(Cl)c3)c(C)c2C)nc1C(F)(F)F. The van der Waals surface area contributed by atoms with Gasteiger partial charge >= 0.3 is 12.1 Å². The molecule has 0 spiro atoms. The first-order chi connectivity index (χ1) is 15.6. The highest BCUT2D eigenvalue weighted by molar-refractivity contribution is 6.30. The van der Waals surface area contributed by atoms with E-state index in [4.69, 9.17) is 11.6 Å². The second-order valence-electron chi connectivity index (χ2n) is 6.96. The van der Waals surface area contributed by atoms with Gasteiger partial charge < -0.3 is 15.4 Å². The molecular formula is C21H20ClF3N6O2. The monoisotopic (exact) mass is 480 g/mol. The van der Waals surface area contributed by atoms with E-state index >= 15 is 0 Å².